The summed E-state index contributed by atoms with van der Waals surface area (Å²) in [5.74, 6) is 0.690. The lowest BCUT2D eigenvalue weighted by molar-refractivity contribution is -0.116. The number of benzene rings is 2. The van der Waals surface area contributed by atoms with E-state index in [-0.39, 0.29) is 5.91 Å². The van der Waals surface area contributed by atoms with Gasteiger partial charge in [0.15, 0.2) is 11.3 Å². The third-order valence-electron chi connectivity index (χ3n) is 4.51. The van der Waals surface area contributed by atoms with E-state index < -0.39 is 6.17 Å². The molecule has 0 aromatic heterocycles. The van der Waals surface area contributed by atoms with Gasteiger partial charge in [0.25, 0.3) is 5.91 Å². The number of fused-ring (bicyclic) bond motifs is 2. The number of amides is 1. The predicted molar refractivity (Wildman–Crippen MR) is 107 cm³/mol. The Hall–Kier alpha value is -2.80. The maximum Gasteiger partial charge on any atom is 0.276 e. The van der Waals surface area contributed by atoms with Crippen LogP contribution in [0, 0.1) is 6.92 Å². The summed E-state index contributed by atoms with van der Waals surface area (Å²) in [5.41, 5.74) is 2.51. The molecule has 0 bridgehead atoms. The molecule has 2 aliphatic heterocycles. The first-order chi connectivity index (χ1) is 13.1. The molecule has 4 rings (SSSR count). The molecule has 2 heterocycles. The maximum atomic E-state index is 12.8. The number of amidine groups is 1. The molecule has 1 N–H and O–H groups in total. The minimum Gasteiger partial charge on any atom is -0.494 e. The van der Waals surface area contributed by atoms with Crippen LogP contribution in [0.15, 0.2) is 52.6 Å². The van der Waals surface area contributed by atoms with Crippen molar-refractivity contribution in [2.24, 2.45) is 10.1 Å². The molecule has 2 aliphatic rings. The Labute approximate surface area is 161 Å². The van der Waals surface area contributed by atoms with Gasteiger partial charge < -0.3 is 4.74 Å². The largest absolute Gasteiger partial charge is 0.494 e. The fourth-order valence-corrected chi connectivity index (χ4v) is 3.65. The molecule has 0 saturated heterocycles. The number of rotatable bonds is 3. The second-order valence-electron chi connectivity index (χ2n) is 6.23. The van der Waals surface area contributed by atoms with E-state index in [0.717, 1.165) is 27.5 Å². The summed E-state index contributed by atoms with van der Waals surface area (Å²) in [5, 5.41) is 11.4. The van der Waals surface area contributed by atoms with Gasteiger partial charge in [-0.2, -0.15) is 0 Å². The minimum atomic E-state index is -0.405. The average molecular weight is 380 g/mol. The Morgan fingerprint density at radius 1 is 1.26 bits per heavy atom. The number of ether oxygens (including phenoxy) is 1. The molecule has 2 aromatic rings. The zero-order valence-electron chi connectivity index (χ0n) is 15.4. The lowest BCUT2D eigenvalue weighted by Gasteiger charge is -2.34. The zero-order valence-corrected chi connectivity index (χ0v) is 16.2. The Bertz CT molecular complexity index is 1060. The van der Waals surface area contributed by atoms with E-state index in [1.807, 2.05) is 62.6 Å². The molecule has 6 nitrogen and oxygen atoms in total. The van der Waals surface area contributed by atoms with E-state index in [0.29, 0.717) is 17.5 Å². The fraction of sp³-hybridized carbons (Fsp3) is 0.250. The van der Waals surface area contributed by atoms with Crippen LogP contribution in [0.2, 0.25) is 0 Å². The summed E-state index contributed by atoms with van der Waals surface area (Å²) in [7, 11) is 0. The molecule has 0 saturated carbocycles. The van der Waals surface area contributed by atoms with E-state index in [4.69, 9.17) is 9.73 Å². The van der Waals surface area contributed by atoms with Crippen molar-refractivity contribution in [3.8, 4) is 5.75 Å². The lowest BCUT2D eigenvalue weighted by atomic mass is 10.1. The number of hydrazone groups is 1. The second kappa shape index (κ2) is 7.08. The first kappa shape index (κ1) is 17.6. The number of carbonyl (C=O) groups is 1. The van der Waals surface area contributed by atoms with Gasteiger partial charge in [0.1, 0.15) is 11.4 Å². The van der Waals surface area contributed by atoms with E-state index in [1.54, 1.807) is 5.01 Å². The van der Waals surface area contributed by atoms with Crippen LogP contribution >= 0.6 is 11.8 Å². The second-order valence-corrected chi connectivity index (χ2v) is 7.03. The van der Waals surface area contributed by atoms with E-state index in [2.05, 4.69) is 10.4 Å². The number of hydrogen-bond donors (Lipinski definition) is 1. The molecule has 2 aromatic carbocycles. The van der Waals surface area contributed by atoms with Gasteiger partial charge in [-0.05, 0) is 49.4 Å². The zero-order chi connectivity index (χ0) is 19.0. The van der Waals surface area contributed by atoms with Crippen molar-refractivity contribution in [3.05, 3.63) is 64.2 Å². The fourth-order valence-electron chi connectivity index (χ4n) is 3.29. The van der Waals surface area contributed by atoms with Crippen LogP contribution in [0.5, 0.6) is 5.75 Å². The van der Waals surface area contributed by atoms with Crippen molar-refractivity contribution >= 4 is 28.5 Å². The van der Waals surface area contributed by atoms with Gasteiger partial charge in [-0.3, -0.25) is 15.1 Å². The number of para-hydroxylation sites is 1. The molecule has 138 valence electrons. The smallest absolute Gasteiger partial charge is 0.276 e. The van der Waals surface area contributed by atoms with Gasteiger partial charge in [-0.25, -0.2) is 5.01 Å². The molecule has 1 amide bonds. The average Bonchev–Trinajstić information content (AvgIpc) is 2.68. The van der Waals surface area contributed by atoms with Gasteiger partial charge in [-0.15, -0.1) is 5.10 Å². The standard InChI is InChI=1S/C20H20N4O2S/c1-4-26-16-10-9-13(11-12(16)2)18-21-15-8-6-5-7-14(15)17-19(25)22-20(27-3)23-24(17)18/h5-11,18H,4H2,1-3H3,(H,22,23,25)/t18-/m0/s1. The minimum absolute atomic E-state index is 0.163. The number of hydrogen-bond acceptors (Lipinski definition) is 6. The van der Waals surface area contributed by atoms with Crippen LogP contribution in [0.25, 0.3) is 5.70 Å². The molecule has 1 atom stereocenters. The van der Waals surface area contributed by atoms with Crippen molar-refractivity contribution in [1.29, 1.82) is 0 Å². The normalized spacial score (nSPS) is 18.1. The van der Waals surface area contributed by atoms with Gasteiger partial charge in [-0.1, -0.05) is 36.0 Å². The maximum absolute atomic E-state index is 12.8. The molecule has 27 heavy (non-hydrogen) atoms. The number of aryl methyl sites for hydroxylation is 1. The van der Waals surface area contributed by atoms with E-state index >= 15 is 0 Å². The third kappa shape index (κ3) is 3.08. The summed E-state index contributed by atoms with van der Waals surface area (Å²) < 4.78 is 5.65. The number of nitrogens with zero attached hydrogens (tertiary/aromatic N) is 3. The highest BCUT2D eigenvalue weighted by atomic mass is 32.2. The molecule has 0 unspecified atom stereocenters. The van der Waals surface area contributed by atoms with Crippen LogP contribution < -0.4 is 20.6 Å². The Morgan fingerprint density at radius 2 is 2.07 bits per heavy atom. The Kier molecular flexibility index (Phi) is 4.61. The van der Waals surface area contributed by atoms with Gasteiger partial charge in [0.05, 0.1) is 12.0 Å². The van der Waals surface area contributed by atoms with Crippen LogP contribution in [0.1, 0.15) is 24.2 Å². The van der Waals surface area contributed by atoms with Crippen molar-refractivity contribution < 1.29 is 9.53 Å². The van der Waals surface area contributed by atoms with Gasteiger partial charge >= 0.3 is 0 Å². The van der Waals surface area contributed by atoms with Crippen LogP contribution in [-0.2, 0) is 4.79 Å². The third-order valence-corrected chi connectivity index (χ3v) is 5.08. The molecular weight excluding hydrogens is 360 g/mol. The predicted octanol–water partition coefficient (Wildman–Crippen LogP) is 1.90. The molecule has 0 fully saturated rings. The van der Waals surface area contributed by atoms with Crippen molar-refractivity contribution in [1.82, 2.24) is 10.3 Å². The number of thioether (sulfide) groups is 1. The van der Waals surface area contributed by atoms with E-state index in [9.17, 15) is 4.79 Å². The summed E-state index contributed by atoms with van der Waals surface area (Å²) in [4.78, 5) is 17.7. The Morgan fingerprint density at radius 3 is 2.81 bits per heavy atom. The number of carbonyl (C=O) groups excluding carboxylic acids is 1. The molecule has 7 heteroatoms. The van der Waals surface area contributed by atoms with Crippen LogP contribution in [-0.4, -0.2) is 28.9 Å². The molecule has 0 spiro atoms. The summed E-state index contributed by atoms with van der Waals surface area (Å²) >= 11 is 1.40. The summed E-state index contributed by atoms with van der Waals surface area (Å²) in [6.07, 6.45) is 1.48. The highest BCUT2D eigenvalue weighted by Crippen LogP contribution is 2.32. The highest BCUT2D eigenvalue weighted by molar-refractivity contribution is 8.13. The lowest BCUT2D eigenvalue weighted by Crippen LogP contribution is -2.50. The summed E-state index contributed by atoms with van der Waals surface area (Å²) in [6.45, 7) is 4.59. The van der Waals surface area contributed by atoms with Gasteiger partial charge in [0.2, 0.25) is 0 Å². The van der Waals surface area contributed by atoms with Gasteiger partial charge in [0, 0.05) is 5.22 Å². The Balaban J connectivity index is 1.90. The van der Waals surface area contributed by atoms with Crippen LogP contribution in [0.4, 0.5) is 0 Å². The van der Waals surface area contributed by atoms with Crippen molar-refractivity contribution in [3.63, 3.8) is 0 Å². The summed E-state index contributed by atoms with van der Waals surface area (Å²) in [6, 6.07) is 13.6. The SMILES string of the molecule is CCOc1ccc([C@H]2N=c3ccccc3=C3C(=O)NC(SC)=NN32)cc1C. The first-order valence-electron chi connectivity index (χ1n) is 8.76. The molecule has 0 aliphatic carbocycles. The number of nitrogens with one attached hydrogen (secondary N) is 1. The first-order valence-corrected chi connectivity index (χ1v) is 9.98. The molecular formula is C20H20N4O2S. The topological polar surface area (TPSA) is 66.3 Å². The van der Waals surface area contributed by atoms with Crippen molar-refractivity contribution in [2.75, 3.05) is 12.9 Å². The van der Waals surface area contributed by atoms with E-state index in [1.165, 1.54) is 11.8 Å². The monoisotopic (exact) mass is 380 g/mol. The van der Waals surface area contributed by atoms with Crippen molar-refractivity contribution in [2.45, 2.75) is 20.0 Å². The molecule has 0 radical (unpaired) electrons. The quantitative estimate of drug-likeness (QED) is 0.883. The highest BCUT2D eigenvalue weighted by Gasteiger charge is 2.34. The van der Waals surface area contributed by atoms with Crippen LogP contribution in [0.3, 0.4) is 0 Å².